The van der Waals surface area contributed by atoms with Crippen LogP contribution >= 0.6 is 35.3 Å². The highest BCUT2D eigenvalue weighted by Crippen LogP contribution is 2.47. The topological polar surface area (TPSA) is 58.3 Å². The molecule has 6 nitrogen and oxygen atoms in total. The Morgan fingerprint density at radius 2 is 2.19 bits per heavy atom. The number of guanidine groups is 1. The minimum absolute atomic E-state index is 0. The van der Waals surface area contributed by atoms with E-state index in [0.29, 0.717) is 12.0 Å². The van der Waals surface area contributed by atoms with Gasteiger partial charge in [0.2, 0.25) is 0 Å². The van der Waals surface area contributed by atoms with Crippen LogP contribution in [-0.4, -0.2) is 45.3 Å². The third kappa shape index (κ3) is 4.64. The number of aryl methyl sites for hydroxylation is 1. The highest BCUT2D eigenvalue weighted by Gasteiger charge is 2.43. The molecule has 1 aliphatic heterocycles. The fourth-order valence-corrected chi connectivity index (χ4v) is 4.66. The van der Waals surface area contributed by atoms with Crippen molar-refractivity contribution in [3.8, 4) is 0 Å². The molecule has 8 heteroatoms. The number of rotatable bonds is 5. The SMILES string of the molecule is Cc1nnc(CN=C(NCCc2cccs2)N2CCC3(CCC3)C2)n1C.I. The third-order valence-corrected chi connectivity index (χ3v) is 6.88. The number of hydrogen-bond acceptors (Lipinski definition) is 4. The lowest BCUT2D eigenvalue weighted by molar-refractivity contribution is 0.151. The molecule has 0 aromatic carbocycles. The summed E-state index contributed by atoms with van der Waals surface area (Å²) >= 11 is 1.82. The summed E-state index contributed by atoms with van der Waals surface area (Å²) in [4.78, 5) is 8.77. The quantitative estimate of drug-likeness (QED) is 0.389. The molecular weight excluding hydrogens is 471 g/mol. The molecule has 4 rings (SSSR count). The van der Waals surface area contributed by atoms with Crippen LogP contribution in [0.3, 0.4) is 0 Å². The first-order valence-electron chi connectivity index (χ1n) is 9.56. The van der Waals surface area contributed by atoms with Crippen molar-refractivity contribution < 1.29 is 0 Å². The average molecular weight is 500 g/mol. The van der Waals surface area contributed by atoms with Crippen molar-refractivity contribution in [1.29, 1.82) is 0 Å². The Hall–Kier alpha value is -1.16. The Morgan fingerprint density at radius 3 is 2.78 bits per heavy atom. The second-order valence-electron chi connectivity index (χ2n) is 7.64. The summed E-state index contributed by atoms with van der Waals surface area (Å²) in [5.74, 6) is 2.88. The molecule has 0 unspecified atom stereocenters. The number of hydrogen-bond donors (Lipinski definition) is 1. The van der Waals surface area contributed by atoms with Crippen molar-refractivity contribution >= 4 is 41.3 Å². The predicted octanol–water partition coefficient (Wildman–Crippen LogP) is 3.37. The van der Waals surface area contributed by atoms with Gasteiger partial charge in [0.05, 0.1) is 0 Å². The smallest absolute Gasteiger partial charge is 0.194 e. The van der Waals surface area contributed by atoms with Gasteiger partial charge in [0.1, 0.15) is 12.4 Å². The number of aliphatic imine (C=N–C) groups is 1. The van der Waals surface area contributed by atoms with E-state index in [2.05, 4.69) is 37.9 Å². The van der Waals surface area contributed by atoms with Gasteiger partial charge in [-0.25, -0.2) is 4.99 Å². The number of likely N-dealkylation sites (tertiary alicyclic amines) is 1. The van der Waals surface area contributed by atoms with Crippen molar-refractivity contribution in [1.82, 2.24) is 25.0 Å². The second-order valence-corrected chi connectivity index (χ2v) is 8.68. The van der Waals surface area contributed by atoms with Crippen molar-refractivity contribution in [2.24, 2.45) is 17.5 Å². The lowest BCUT2D eigenvalue weighted by Gasteiger charge is -2.38. The normalized spacial score (nSPS) is 18.4. The molecule has 0 amide bonds. The van der Waals surface area contributed by atoms with Crippen LogP contribution in [0.2, 0.25) is 0 Å². The Morgan fingerprint density at radius 1 is 1.33 bits per heavy atom. The van der Waals surface area contributed by atoms with Gasteiger partial charge < -0.3 is 14.8 Å². The maximum absolute atomic E-state index is 4.90. The van der Waals surface area contributed by atoms with Gasteiger partial charge in [-0.2, -0.15) is 0 Å². The van der Waals surface area contributed by atoms with Crippen LogP contribution in [0.15, 0.2) is 22.5 Å². The van der Waals surface area contributed by atoms with E-state index in [1.54, 1.807) is 0 Å². The summed E-state index contributed by atoms with van der Waals surface area (Å²) in [5, 5.41) is 14.1. The second kappa shape index (κ2) is 8.89. The van der Waals surface area contributed by atoms with Crippen LogP contribution in [0.25, 0.3) is 0 Å². The van der Waals surface area contributed by atoms with Gasteiger partial charge in [0.15, 0.2) is 11.8 Å². The highest BCUT2D eigenvalue weighted by molar-refractivity contribution is 14.0. The van der Waals surface area contributed by atoms with Gasteiger partial charge >= 0.3 is 0 Å². The van der Waals surface area contributed by atoms with Crippen molar-refractivity contribution in [2.75, 3.05) is 19.6 Å². The van der Waals surface area contributed by atoms with E-state index in [9.17, 15) is 0 Å². The predicted molar refractivity (Wildman–Crippen MR) is 121 cm³/mol. The van der Waals surface area contributed by atoms with Gasteiger partial charge in [-0.3, -0.25) is 0 Å². The van der Waals surface area contributed by atoms with E-state index < -0.39 is 0 Å². The van der Waals surface area contributed by atoms with E-state index in [1.165, 1.54) is 30.6 Å². The first kappa shape index (κ1) is 20.6. The molecule has 2 aromatic rings. The van der Waals surface area contributed by atoms with Crippen LogP contribution in [0.4, 0.5) is 0 Å². The van der Waals surface area contributed by atoms with Gasteiger partial charge in [-0.05, 0) is 49.5 Å². The zero-order chi connectivity index (χ0) is 18.0. The van der Waals surface area contributed by atoms with Crippen LogP contribution in [0, 0.1) is 12.3 Å². The van der Waals surface area contributed by atoms with E-state index in [-0.39, 0.29) is 24.0 Å². The number of nitrogens with one attached hydrogen (secondary N) is 1. The number of aromatic nitrogens is 3. The van der Waals surface area contributed by atoms with Gasteiger partial charge in [-0.1, -0.05) is 12.5 Å². The molecule has 1 saturated carbocycles. The molecule has 1 aliphatic carbocycles. The molecule has 3 heterocycles. The molecule has 1 saturated heterocycles. The third-order valence-electron chi connectivity index (χ3n) is 5.94. The Bertz CT molecular complexity index is 765. The number of thiophene rings is 1. The average Bonchev–Trinajstić information content (AvgIpc) is 3.33. The van der Waals surface area contributed by atoms with Crippen molar-refractivity contribution in [2.45, 2.75) is 45.6 Å². The molecule has 0 radical (unpaired) electrons. The zero-order valence-corrected chi connectivity index (χ0v) is 19.3. The van der Waals surface area contributed by atoms with Gasteiger partial charge in [0, 0.05) is 31.6 Å². The van der Waals surface area contributed by atoms with Crippen LogP contribution in [-0.2, 0) is 20.0 Å². The molecule has 2 aliphatic rings. The number of halogens is 1. The first-order valence-corrected chi connectivity index (χ1v) is 10.4. The molecular formula is C19H29IN6S. The number of nitrogens with zero attached hydrogens (tertiary/aromatic N) is 5. The molecule has 0 bridgehead atoms. The van der Waals surface area contributed by atoms with E-state index >= 15 is 0 Å². The molecule has 1 spiro atoms. The lowest BCUT2D eigenvalue weighted by atomic mass is 9.68. The molecule has 2 aromatic heterocycles. The van der Waals surface area contributed by atoms with Crippen molar-refractivity contribution in [3.63, 3.8) is 0 Å². The molecule has 1 N–H and O–H groups in total. The van der Waals surface area contributed by atoms with Crippen LogP contribution < -0.4 is 5.32 Å². The molecule has 2 fully saturated rings. The monoisotopic (exact) mass is 500 g/mol. The summed E-state index contributed by atoms with van der Waals surface area (Å²) in [6, 6.07) is 4.32. The Balaban J connectivity index is 0.00000210. The summed E-state index contributed by atoms with van der Waals surface area (Å²) in [7, 11) is 2.00. The van der Waals surface area contributed by atoms with Gasteiger partial charge in [-0.15, -0.1) is 45.5 Å². The van der Waals surface area contributed by atoms with Crippen LogP contribution in [0.1, 0.15) is 42.2 Å². The zero-order valence-electron chi connectivity index (χ0n) is 16.1. The summed E-state index contributed by atoms with van der Waals surface area (Å²) < 4.78 is 2.02. The highest BCUT2D eigenvalue weighted by atomic mass is 127. The summed E-state index contributed by atoms with van der Waals surface area (Å²) in [6.45, 7) is 5.72. The Kier molecular flexibility index (Phi) is 6.78. The first-order chi connectivity index (χ1) is 12.7. The molecule has 27 heavy (non-hydrogen) atoms. The minimum atomic E-state index is 0. The van der Waals surface area contributed by atoms with E-state index in [0.717, 1.165) is 43.7 Å². The summed E-state index contributed by atoms with van der Waals surface area (Å²) in [6.07, 6.45) is 6.51. The largest absolute Gasteiger partial charge is 0.356 e. The van der Waals surface area contributed by atoms with Crippen LogP contribution in [0.5, 0.6) is 0 Å². The van der Waals surface area contributed by atoms with Gasteiger partial charge in [0.25, 0.3) is 0 Å². The Labute approximate surface area is 182 Å². The standard InChI is InChI=1S/C19H28N6S.HI/c1-15-22-23-17(24(15)2)13-21-18(20-10-6-16-5-3-12-26-16)25-11-9-19(14-25)7-4-8-19;/h3,5,12H,4,6-11,13-14H2,1-2H3,(H,20,21);1H. The maximum atomic E-state index is 4.90. The van der Waals surface area contributed by atoms with E-state index in [1.807, 2.05) is 29.9 Å². The molecule has 0 atom stereocenters. The van der Waals surface area contributed by atoms with Crippen molar-refractivity contribution in [3.05, 3.63) is 34.0 Å². The fraction of sp³-hybridized carbons (Fsp3) is 0.632. The maximum Gasteiger partial charge on any atom is 0.194 e. The van der Waals surface area contributed by atoms with E-state index in [4.69, 9.17) is 4.99 Å². The lowest BCUT2D eigenvalue weighted by Crippen LogP contribution is -2.43. The summed E-state index contributed by atoms with van der Waals surface area (Å²) in [5.41, 5.74) is 0.567. The fourth-order valence-electron chi connectivity index (χ4n) is 3.96. The molecule has 148 valence electrons. The minimum Gasteiger partial charge on any atom is -0.356 e.